The van der Waals surface area contributed by atoms with E-state index < -0.39 is 5.92 Å². The Hall–Kier alpha value is -2.10. The van der Waals surface area contributed by atoms with Crippen molar-refractivity contribution in [3.63, 3.8) is 0 Å². The van der Waals surface area contributed by atoms with Gasteiger partial charge in [0, 0.05) is 6.42 Å². The number of carbonyl (C=O) groups excluding carboxylic acids is 2. The van der Waals surface area contributed by atoms with Crippen molar-refractivity contribution in [3.05, 3.63) is 42.5 Å². The summed E-state index contributed by atoms with van der Waals surface area (Å²) in [5, 5.41) is 0. The second-order valence-corrected chi connectivity index (χ2v) is 4.57. The molecule has 4 heteroatoms. The van der Waals surface area contributed by atoms with Crippen molar-refractivity contribution in [3.8, 4) is 5.75 Å². The molecule has 0 amide bonds. The fourth-order valence-electron chi connectivity index (χ4n) is 1.91. The molecule has 0 fully saturated rings. The predicted octanol–water partition coefficient (Wildman–Crippen LogP) is 2.56. The van der Waals surface area contributed by atoms with E-state index in [0.29, 0.717) is 13.0 Å². The largest absolute Gasteiger partial charge is 0.490 e. The van der Waals surface area contributed by atoms with Gasteiger partial charge >= 0.3 is 5.97 Å². The minimum atomic E-state index is -0.433. The highest BCUT2D eigenvalue weighted by atomic mass is 16.5. The second-order valence-electron chi connectivity index (χ2n) is 4.57. The third-order valence-corrected chi connectivity index (χ3v) is 2.84. The van der Waals surface area contributed by atoms with Gasteiger partial charge in [0.1, 0.15) is 18.1 Å². The predicted molar refractivity (Wildman–Crippen MR) is 76.6 cm³/mol. The zero-order chi connectivity index (χ0) is 15.0. The normalized spacial score (nSPS) is 11.5. The number of methoxy groups -OCH3 is 1. The summed E-state index contributed by atoms with van der Waals surface area (Å²) in [6.45, 7) is 5.51. The molecule has 0 N–H and O–H groups in total. The quantitative estimate of drug-likeness (QED) is 0.541. The summed E-state index contributed by atoms with van der Waals surface area (Å²) in [7, 11) is 1.34. The van der Waals surface area contributed by atoms with Gasteiger partial charge in [0.25, 0.3) is 0 Å². The van der Waals surface area contributed by atoms with E-state index in [9.17, 15) is 9.59 Å². The summed E-state index contributed by atoms with van der Waals surface area (Å²) < 4.78 is 10.1. The van der Waals surface area contributed by atoms with Crippen LogP contribution in [-0.2, 0) is 20.7 Å². The molecule has 0 aromatic heterocycles. The Labute approximate surface area is 119 Å². The van der Waals surface area contributed by atoms with Crippen molar-refractivity contribution in [2.45, 2.75) is 19.8 Å². The van der Waals surface area contributed by atoms with Gasteiger partial charge in [-0.25, -0.2) is 0 Å². The summed E-state index contributed by atoms with van der Waals surface area (Å²) in [5.41, 5.74) is 0.965. The molecule has 0 spiro atoms. The number of esters is 1. The number of rotatable bonds is 8. The van der Waals surface area contributed by atoms with Crippen molar-refractivity contribution >= 4 is 11.8 Å². The van der Waals surface area contributed by atoms with E-state index in [-0.39, 0.29) is 18.2 Å². The van der Waals surface area contributed by atoms with Crippen LogP contribution in [0.2, 0.25) is 0 Å². The number of ketones is 1. The SMILES string of the molecule is C=CCOc1ccc(CC(CC(C)=O)C(=O)OC)cc1. The van der Waals surface area contributed by atoms with Gasteiger partial charge in [-0.3, -0.25) is 4.79 Å². The van der Waals surface area contributed by atoms with Gasteiger partial charge < -0.3 is 14.3 Å². The molecule has 1 unspecified atom stereocenters. The maximum atomic E-state index is 11.6. The molecular formula is C16H20O4. The van der Waals surface area contributed by atoms with Crippen LogP contribution in [0, 0.1) is 5.92 Å². The second kappa shape index (κ2) is 8.15. The van der Waals surface area contributed by atoms with E-state index in [4.69, 9.17) is 9.47 Å². The Morgan fingerprint density at radius 2 is 1.95 bits per heavy atom. The lowest BCUT2D eigenvalue weighted by Crippen LogP contribution is -2.21. The summed E-state index contributed by atoms with van der Waals surface area (Å²) >= 11 is 0. The first-order chi connectivity index (χ1) is 9.56. The number of ether oxygens (including phenoxy) is 2. The van der Waals surface area contributed by atoms with Crippen LogP contribution < -0.4 is 4.74 Å². The van der Waals surface area contributed by atoms with Crippen LogP contribution in [0.1, 0.15) is 18.9 Å². The summed E-state index contributed by atoms with van der Waals surface area (Å²) in [6.07, 6.45) is 2.35. The highest BCUT2D eigenvalue weighted by molar-refractivity contribution is 5.82. The van der Waals surface area contributed by atoms with Crippen molar-refractivity contribution in [2.75, 3.05) is 13.7 Å². The number of hydrogen-bond acceptors (Lipinski definition) is 4. The topological polar surface area (TPSA) is 52.6 Å². The average molecular weight is 276 g/mol. The van der Waals surface area contributed by atoms with E-state index in [2.05, 4.69) is 6.58 Å². The van der Waals surface area contributed by atoms with E-state index in [0.717, 1.165) is 11.3 Å². The van der Waals surface area contributed by atoms with Gasteiger partial charge in [-0.1, -0.05) is 24.8 Å². The average Bonchev–Trinajstić information content (AvgIpc) is 2.44. The van der Waals surface area contributed by atoms with E-state index in [1.807, 2.05) is 24.3 Å². The molecule has 0 heterocycles. The maximum Gasteiger partial charge on any atom is 0.309 e. The first-order valence-electron chi connectivity index (χ1n) is 6.46. The fourth-order valence-corrected chi connectivity index (χ4v) is 1.91. The maximum absolute atomic E-state index is 11.6. The first-order valence-corrected chi connectivity index (χ1v) is 6.46. The minimum absolute atomic E-state index is 0.0219. The molecule has 1 rings (SSSR count). The Bertz CT molecular complexity index is 462. The lowest BCUT2D eigenvalue weighted by Gasteiger charge is -2.13. The van der Waals surface area contributed by atoms with E-state index >= 15 is 0 Å². The molecule has 1 aromatic carbocycles. The molecule has 0 radical (unpaired) electrons. The standard InChI is InChI=1S/C16H20O4/c1-4-9-20-15-7-5-13(6-8-15)11-14(10-12(2)17)16(18)19-3/h4-8,14H,1,9-11H2,2-3H3. The van der Waals surface area contributed by atoms with Crippen LogP contribution in [0.4, 0.5) is 0 Å². The van der Waals surface area contributed by atoms with Crippen LogP contribution in [-0.4, -0.2) is 25.5 Å². The molecule has 108 valence electrons. The monoisotopic (exact) mass is 276 g/mol. The first kappa shape index (κ1) is 16.0. The molecule has 0 aliphatic carbocycles. The number of hydrogen-bond donors (Lipinski definition) is 0. The highest BCUT2D eigenvalue weighted by Gasteiger charge is 2.21. The van der Waals surface area contributed by atoms with Gasteiger partial charge in [0.05, 0.1) is 13.0 Å². The Kier molecular flexibility index (Phi) is 6.50. The molecule has 4 nitrogen and oxygen atoms in total. The zero-order valence-electron chi connectivity index (χ0n) is 11.9. The van der Waals surface area contributed by atoms with Crippen LogP contribution in [0.3, 0.4) is 0 Å². The van der Waals surface area contributed by atoms with Gasteiger partial charge in [0.15, 0.2) is 0 Å². The molecule has 0 saturated heterocycles. The summed E-state index contributed by atoms with van der Waals surface area (Å²) in [6, 6.07) is 7.44. The van der Waals surface area contributed by atoms with E-state index in [1.54, 1.807) is 6.08 Å². The molecule has 0 aliphatic rings. The van der Waals surface area contributed by atoms with Crippen molar-refractivity contribution in [2.24, 2.45) is 5.92 Å². The Morgan fingerprint density at radius 1 is 1.30 bits per heavy atom. The fraction of sp³-hybridized carbons (Fsp3) is 0.375. The molecular weight excluding hydrogens is 256 g/mol. The van der Waals surface area contributed by atoms with Gasteiger partial charge in [-0.05, 0) is 31.0 Å². The minimum Gasteiger partial charge on any atom is -0.490 e. The molecule has 0 saturated carbocycles. The van der Waals surface area contributed by atoms with Gasteiger partial charge in [-0.2, -0.15) is 0 Å². The summed E-state index contributed by atoms with van der Waals surface area (Å²) in [5.74, 6) is -0.0641. The molecule has 20 heavy (non-hydrogen) atoms. The number of carbonyl (C=O) groups is 2. The van der Waals surface area contributed by atoms with Gasteiger partial charge in [0.2, 0.25) is 0 Å². The number of Topliss-reactive ketones (excluding diaryl/α,β-unsaturated/α-hetero) is 1. The lowest BCUT2D eigenvalue weighted by atomic mass is 9.94. The zero-order valence-corrected chi connectivity index (χ0v) is 11.9. The van der Waals surface area contributed by atoms with Crippen molar-refractivity contribution < 1.29 is 19.1 Å². The van der Waals surface area contributed by atoms with Crippen LogP contribution in [0.5, 0.6) is 5.75 Å². The van der Waals surface area contributed by atoms with Crippen LogP contribution in [0.25, 0.3) is 0 Å². The third kappa shape index (κ3) is 5.26. The molecule has 1 aromatic rings. The molecule has 0 bridgehead atoms. The van der Waals surface area contributed by atoms with E-state index in [1.165, 1.54) is 14.0 Å². The highest BCUT2D eigenvalue weighted by Crippen LogP contribution is 2.18. The van der Waals surface area contributed by atoms with Crippen LogP contribution in [0.15, 0.2) is 36.9 Å². The Balaban J connectivity index is 2.70. The van der Waals surface area contributed by atoms with Gasteiger partial charge in [-0.15, -0.1) is 0 Å². The van der Waals surface area contributed by atoms with Crippen molar-refractivity contribution in [1.29, 1.82) is 0 Å². The third-order valence-electron chi connectivity index (χ3n) is 2.84. The Morgan fingerprint density at radius 3 is 2.45 bits per heavy atom. The smallest absolute Gasteiger partial charge is 0.309 e. The molecule has 0 aliphatic heterocycles. The lowest BCUT2D eigenvalue weighted by molar-refractivity contribution is -0.147. The number of benzene rings is 1. The van der Waals surface area contributed by atoms with Crippen molar-refractivity contribution in [1.82, 2.24) is 0 Å². The van der Waals surface area contributed by atoms with Crippen LogP contribution >= 0.6 is 0 Å². The molecule has 1 atom stereocenters. The summed E-state index contributed by atoms with van der Waals surface area (Å²) in [4.78, 5) is 22.8.